The van der Waals surface area contributed by atoms with E-state index in [0.29, 0.717) is 0 Å². The van der Waals surface area contributed by atoms with Gasteiger partial charge in [-0.3, -0.25) is 0 Å². The summed E-state index contributed by atoms with van der Waals surface area (Å²) in [5.74, 6) is 0. The molecule has 206 valence electrons. The summed E-state index contributed by atoms with van der Waals surface area (Å²) < 4.78 is 0. The van der Waals surface area contributed by atoms with Crippen LogP contribution in [0.25, 0.3) is 0 Å². The number of rotatable bonds is 11. The first-order valence-electron chi connectivity index (χ1n) is 15.1. The smallest absolute Gasteiger partial charge is 0.00258 e. The molecule has 0 fully saturated rings. The normalized spacial score (nSPS) is 11.0. The first-order valence-corrected chi connectivity index (χ1v) is 15.1. The van der Waals surface area contributed by atoms with Crippen LogP contribution in [0.3, 0.4) is 0 Å². The lowest BCUT2D eigenvalue weighted by Crippen LogP contribution is -1.94. The van der Waals surface area contributed by atoms with E-state index in [1.807, 2.05) is 0 Å². The fourth-order valence-electron chi connectivity index (χ4n) is 5.62. The molecule has 0 N–H and O–H groups in total. The van der Waals surface area contributed by atoms with E-state index in [1.165, 1.54) is 55.6 Å². The summed E-state index contributed by atoms with van der Waals surface area (Å²) in [6, 6.07) is 57.9. The fourth-order valence-corrected chi connectivity index (χ4v) is 5.62. The average molecular weight is 543 g/mol. The highest BCUT2D eigenvalue weighted by atomic mass is 14.1. The summed E-state index contributed by atoms with van der Waals surface area (Å²) in [4.78, 5) is 0. The summed E-state index contributed by atoms with van der Waals surface area (Å²) in [6.45, 7) is 0. The molecule has 0 heterocycles. The Labute approximate surface area is 251 Å². The molecule has 0 aromatic heterocycles. The second kappa shape index (κ2) is 13.8. The molecule has 0 aliphatic carbocycles. The minimum absolute atomic E-state index is 0.963. The van der Waals surface area contributed by atoms with Gasteiger partial charge in [-0.15, -0.1) is 0 Å². The molecular weight excluding hydrogens is 504 g/mol. The lowest BCUT2D eigenvalue weighted by Gasteiger charge is -2.08. The van der Waals surface area contributed by atoms with Gasteiger partial charge in [0.15, 0.2) is 0 Å². The van der Waals surface area contributed by atoms with Gasteiger partial charge in [0.25, 0.3) is 0 Å². The van der Waals surface area contributed by atoms with Crippen LogP contribution in [0, 0.1) is 0 Å². The van der Waals surface area contributed by atoms with Crippen LogP contribution in [0.1, 0.15) is 55.6 Å². The topological polar surface area (TPSA) is 0 Å². The van der Waals surface area contributed by atoms with Gasteiger partial charge in [-0.2, -0.15) is 0 Å². The molecule has 0 saturated carbocycles. The van der Waals surface area contributed by atoms with Crippen LogP contribution in [0.5, 0.6) is 0 Å². The molecule has 0 bridgehead atoms. The fraction of sp³-hybridized carbons (Fsp3) is 0.143. The highest BCUT2D eigenvalue weighted by molar-refractivity contribution is 5.36. The number of hydrogen-bond acceptors (Lipinski definition) is 0. The first kappa shape index (κ1) is 27.5. The van der Waals surface area contributed by atoms with Gasteiger partial charge in [0.1, 0.15) is 0 Å². The molecule has 6 aromatic rings. The Morgan fingerprint density at radius 2 is 0.381 bits per heavy atom. The van der Waals surface area contributed by atoms with Gasteiger partial charge in [-0.1, -0.05) is 158 Å². The molecule has 0 spiro atoms. The van der Waals surface area contributed by atoms with Crippen LogP contribution in [0.4, 0.5) is 0 Å². The highest BCUT2D eigenvalue weighted by Crippen LogP contribution is 2.18. The van der Waals surface area contributed by atoms with Crippen molar-refractivity contribution in [2.75, 3.05) is 0 Å². The summed E-state index contributed by atoms with van der Waals surface area (Å²) in [5.41, 5.74) is 13.7. The van der Waals surface area contributed by atoms with Crippen molar-refractivity contribution in [3.8, 4) is 0 Å². The van der Waals surface area contributed by atoms with Crippen LogP contribution in [-0.4, -0.2) is 0 Å². The predicted molar refractivity (Wildman–Crippen MR) is 177 cm³/mol. The monoisotopic (exact) mass is 542 g/mol. The maximum atomic E-state index is 2.29. The molecule has 0 radical (unpaired) electrons. The van der Waals surface area contributed by atoms with Crippen LogP contribution in [-0.2, 0) is 38.5 Å². The zero-order valence-corrected chi connectivity index (χ0v) is 24.3. The molecule has 0 aliphatic rings. The summed E-state index contributed by atoms with van der Waals surface area (Å²) in [7, 11) is 0. The van der Waals surface area contributed by atoms with Gasteiger partial charge in [0.05, 0.1) is 0 Å². The van der Waals surface area contributed by atoms with E-state index in [9.17, 15) is 0 Å². The Balaban J connectivity index is 0.978. The van der Waals surface area contributed by atoms with E-state index in [-0.39, 0.29) is 0 Å². The second-order valence-corrected chi connectivity index (χ2v) is 11.4. The van der Waals surface area contributed by atoms with Crippen LogP contribution >= 0.6 is 0 Å². The lowest BCUT2D eigenvalue weighted by molar-refractivity contribution is 0.958. The third-order valence-corrected chi connectivity index (χ3v) is 8.11. The van der Waals surface area contributed by atoms with Gasteiger partial charge in [0.2, 0.25) is 0 Å². The van der Waals surface area contributed by atoms with Crippen molar-refractivity contribution >= 4 is 0 Å². The van der Waals surface area contributed by atoms with Crippen molar-refractivity contribution < 1.29 is 0 Å². The molecule has 6 rings (SSSR count). The van der Waals surface area contributed by atoms with Gasteiger partial charge in [0, 0.05) is 0 Å². The third kappa shape index (κ3) is 7.95. The highest BCUT2D eigenvalue weighted by Gasteiger charge is 2.03. The first-order chi connectivity index (χ1) is 20.7. The lowest BCUT2D eigenvalue weighted by atomic mass is 9.97. The Kier molecular flexibility index (Phi) is 9.03. The van der Waals surface area contributed by atoms with Crippen molar-refractivity contribution in [1.82, 2.24) is 0 Å². The summed E-state index contributed by atoms with van der Waals surface area (Å²) in [6.07, 6.45) is 6.07. The molecule has 0 atom stereocenters. The second-order valence-electron chi connectivity index (χ2n) is 11.4. The Morgan fingerprint density at radius 1 is 0.190 bits per heavy atom. The Hall–Kier alpha value is -4.68. The van der Waals surface area contributed by atoms with Gasteiger partial charge in [-0.25, -0.2) is 0 Å². The number of aryl methyl sites for hydroxylation is 2. The van der Waals surface area contributed by atoms with E-state index in [4.69, 9.17) is 0 Å². The maximum Gasteiger partial charge on any atom is -0.00258 e. The van der Waals surface area contributed by atoms with Crippen molar-refractivity contribution in [3.05, 3.63) is 213 Å². The zero-order valence-electron chi connectivity index (χ0n) is 24.3. The van der Waals surface area contributed by atoms with E-state index < -0.39 is 0 Å². The minimum Gasteiger partial charge on any atom is -0.0622 e. The summed E-state index contributed by atoms with van der Waals surface area (Å²) in [5, 5.41) is 0. The zero-order chi connectivity index (χ0) is 28.4. The van der Waals surface area contributed by atoms with E-state index >= 15 is 0 Å². The van der Waals surface area contributed by atoms with E-state index in [0.717, 1.165) is 38.5 Å². The number of hydrogen-bond donors (Lipinski definition) is 0. The van der Waals surface area contributed by atoms with Crippen LogP contribution < -0.4 is 0 Å². The minimum atomic E-state index is 0.963. The molecule has 0 aliphatic heterocycles. The molecule has 0 saturated heterocycles. The van der Waals surface area contributed by atoms with Crippen molar-refractivity contribution in [1.29, 1.82) is 0 Å². The van der Waals surface area contributed by atoms with Gasteiger partial charge >= 0.3 is 0 Å². The largest absolute Gasteiger partial charge is 0.0622 e. The van der Waals surface area contributed by atoms with Gasteiger partial charge in [-0.05, 0) is 94.2 Å². The maximum absolute atomic E-state index is 2.29. The summed E-state index contributed by atoms with van der Waals surface area (Å²) >= 11 is 0. The Morgan fingerprint density at radius 3 is 0.667 bits per heavy atom. The third-order valence-electron chi connectivity index (χ3n) is 8.11. The van der Waals surface area contributed by atoms with Crippen molar-refractivity contribution in [3.63, 3.8) is 0 Å². The standard InChI is InChI=1S/C42H38/c1-3-7-33(8-4-1)11-12-34-13-15-36(16-14-34)30-38-21-23-40(24-22-38)32-42-27-25-41(26-28-42)31-39-19-17-37(18-20-39)29-35-9-5-2-6-10-35/h1-10,13-28H,11-12,29-32H2. The SMILES string of the molecule is c1ccc(CCc2ccc(Cc3ccc(Cc4ccc(Cc5ccc(Cc6ccccc6)cc5)cc4)cc3)cc2)cc1. The van der Waals surface area contributed by atoms with Crippen LogP contribution in [0.2, 0.25) is 0 Å². The quantitative estimate of drug-likeness (QED) is 0.153. The Bertz CT molecular complexity index is 1640. The number of benzene rings is 6. The van der Waals surface area contributed by atoms with Crippen molar-refractivity contribution in [2.45, 2.75) is 38.5 Å². The predicted octanol–water partition coefficient (Wildman–Crippen LogP) is 9.83. The van der Waals surface area contributed by atoms with E-state index in [2.05, 4.69) is 158 Å². The molecule has 42 heavy (non-hydrogen) atoms. The molecule has 0 amide bonds. The average Bonchev–Trinajstić information content (AvgIpc) is 3.05. The van der Waals surface area contributed by atoms with E-state index in [1.54, 1.807) is 0 Å². The molecule has 0 heteroatoms. The van der Waals surface area contributed by atoms with Crippen molar-refractivity contribution in [2.24, 2.45) is 0 Å². The van der Waals surface area contributed by atoms with Gasteiger partial charge < -0.3 is 0 Å². The molecule has 6 aromatic carbocycles. The molecular formula is C42H38. The molecule has 0 unspecified atom stereocenters. The molecule has 0 nitrogen and oxygen atoms in total. The van der Waals surface area contributed by atoms with Crippen LogP contribution in [0.15, 0.2) is 158 Å².